The molecule has 0 bridgehead atoms. The fourth-order valence-corrected chi connectivity index (χ4v) is 2.71. The highest BCUT2D eigenvalue weighted by atomic mass is 16.4. The number of nitrogens with zero attached hydrogens (tertiary/aromatic N) is 1. The van der Waals surface area contributed by atoms with Crippen molar-refractivity contribution in [2.45, 2.75) is 70.9 Å². The van der Waals surface area contributed by atoms with E-state index >= 15 is 0 Å². The molecular formula is C14H26N2O3. The van der Waals surface area contributed by atoms with Crippen LogP contribution in [0.15, 0.2) is 0 Å². The highest BCUT2D eigenvalue weighted by molar-refractivity contribution is 5.80. The smallest absolute Gasteiger partial charge is 0.323 e. The first-order chi connectivity index (χ1) is 9.08. The van der Waals surface area contributed by atoms with Crippen LogP contribution in [0.1, 0.15) is 58.8 Å². The summed E-state index contributed by atoms with van der Waals surface area (Å²) in [6, 6.07) is 0.0278. The third kappa shape index (κ3) is 5.09. The van der Waals surface area contributed by atoms with Crippen LogP contribution in [0.25, 0.3) is 0 Å². The molecule has 0 aromatic carbocycles. The second kappa shape index (κ2) is 8.02. The SMILES string of the molecule is CCCC(CC)NC(=O)N(CC(=O)O)C1CCCC1. The first kappa shape index (κ1) is 15.8. The summed E-state index contributed by atoms with van der Waals surface area (Å²) < 4.78 is 0. The zero-order chi connectivity index (χ0) is 14.3. The fraction of sp³-hybridized carbons (Fsp3) is 0.857. The van der Waals surface area contributed by atoms with Crippen molar-refractivity contribution in [1.82, 2.24) is 10.2 Å². The van der Waals surface area contributed by atoms with Gasteiger partial charge in [0, 0.05) is 12.1 Å². The normalized spacial score (nSPS) is 17.2. The van der Waals surface area contributed by atoms with Crippen LogP contribution in [-0.2, 0) is 4.79 Å². The molecule has 0 aromatic heterocycles. The van der Waals surface area contributed by atoms with Crippen molar-refractivity contribution in [3.05, 3.63) is 0 Å². The van der Waals surface area contributed by atoms with Gasteiger partial charge in [-0.15, -0.1) is 0 Å². The Morgan fingerprint density at radius 3 is 2.42 bits per heavy atom. The second-order valence-electron chi connectivity index (χ2n) is 5.30. The predicted octanol–water partition coefficient (Wildman–Crippen LogP) is 2.60. The van der Waals surface area contributed by atoms with Crippen molar-refractivity contribution in [2.24, 2.45) is 0 Å². The monoisotopic (exact) mass is 270 g/mol. The molecule has 0 heterocycles. The van der Waals surface area contributed by atoms with Crippen LogP contribution in [0.3, 0.4) is 0 Å². The van der Waals surface area contributed by atoms with Crippen molar-refractivity contribution in [2.75, 3.05) is 6.54 Å². The molecule has 2 amide bonds. The lowest BCUT2D eigenvalue weighted by molar-refractivity contribution is -0.138. The van der Waals surface area contributed by atoms with Gasteiger partial charge < -0.3 is 15.3 Å². The first-order valence-corrected chi connectivity index (χ1v) is 7.37. The third-order valence-corrected chi connectivity index (χ3v) is 3.79. The largest absolute Gasteiger partial charge is 0.480 e. The van der Waals surface area contributed by atoms with Crippen molar-refractivity contribution >= 4 is 12.0 Å². The Hall–Kier alpha value is -1.26. The van der Waals surface area contributed by atoms with Crippen LogP contribution in [-0.4, -0.2) is 40.6 Å². The second-order valence-corrected chi connectivity index (χ2v) is 5.30. The van der Waals surface area contributed by atoms with E-state index < -0.39 is 5.97 Å². The number of amides is 2. The van der Waals surface area contributed by atoms with Gasteiger partial charge in [0.1, 0.15) is 6.54 Å². The number of carbonyl (C=O) groups excluding carboxylic acids is 1. The zero-order valence-electron chi connectivity index (χ0n) is 12.0. The summed E-state index contributed by atoms with van der Waals surface area (Å²) in [6.07, 6.45) is 6.84. The molecule has 0 saturated heterocycles. The van der Waals surface area contributed by atoms with E-state index in [1.54, 1.807) is 0 Å². The molecule has 0 spiro atoms. The molecule has 0 aliphatic heterocycles. The van der Waals surface area contributed by atoms with Gasteiger partial charge in [0.2, 0.25) is 0 Å². The van der Waals surface area contributed by atoms with Gasteiger partial charge in [-0.3, -0.25) is 4.79 Å². The van der Waals surface area contributed by atoms with Gasteiger partial charge in [0.15, 0.2) is 0 Å². The first-order valence-electron chi connectivity index (χ1n) is 7.37. The number of carboxylic acid groups (broad SMARTS) is 1. The van der Waals surface area contributed by atoms with Gasteiger partial charge in [-0.05, 0) is 25.7 Å². The number of rotatable bonds is 7. The molecule has 1 saturated carbocycles. The van der Waals surface area contributed by atoms with Gasteiger partial charge >= 0.3 is 12.0 Å². The number of hydrogen-bond donors (Lipinski definition) is 2. The number of hydrogen-bond acceptors (Lipinski definition) is 2. The zero-order valence-corrected chi connectivity index (χ0v) is 12.0. The molecule has 1 rings (SSSR count). The Labute approximate surface area is 115 Å². The molecule has 19 heavy (non-hydrogen) atoms. The Bertz CT molecular complexity index is 301. The molecule has 1 atom stereocenters. The Morgan fingerprint density at radius 1 is 1.32 bits per heavy atom. The van der Waals surface area contributed by atoms with Crippen molar-refractivity contribution in [3.63, 3.8) is 0 Å². The summed E-state index contributed by atoms with van der Waals surface area (Å²) in [5, 5.41) is 11.9. The molecule has 110 valence electrons. The van der Waals surface area contributed by atoms with Gasteiger partial charge in [-0.2, -0.15) is 0 Å². The maximum atomic E-state index is 12.3. The summed E-state index contributed by atoms with van der Waals surface area (Å²) in [6.45, 7) is 3.93. The van der Waals surface area contributed by atoms with Gasteiger partial charge in [-0.25, -0.2) is 4.79 Å². The predicted molar refractivity (Wildman–Crippen MR) is 74.1 cm³/mol. The number of carbonyl (C=O) groups is 2. The average Bonchev–Trinajstić information content (AvgIpc) is 2.88. The van der Waals surface area contributed by atoms with Crippen molar-refractivity contribution in [1.29, 1.82) is 0 Å². The summed E-state index contributed by atoms with van der Waals surface area (Å²) in [5.41, 5.74) is 0. The van der Waals surface area contributed by atoms with Gasteiger partial charge in [0.25, 0.3) is 0 Å². The van der Waals surface area contributed by atoms with E-state index in [9.17, 15) is 9.59 Å². The highest BCUT2D eigenvalue weighted by Gasteiger charge is 2.29. The summed E-state index contributed by atoms with van der Waals surface area (Å²) in [5.74, 6) is -0.939. The quantitative estimate of drug-likeness (QED) is 0.747. The standard InChI is InChI=1S/C14H26N2O3/c1-3-7-11(4-2)15-14(19)16(10-13(17)18)12-8-5-6-9-12/h11-12H,3-10H2,1-2H3,(H,15,19)(H,17,18). The molecular weight excluding hydrogens is 244 g/mol. The van der Waals surface area contributed by atoms with E-state index in [4.69, 9.17) is 5.11 Å². The maximum absolute atomic E-state index is 12.3. The van der Waals surface area contributed by atoms with Crippen LogP contribution in [0, 0.1) is 0 Å². The molecule has 1 fully saturated rings. The topological polar surface area (TPSA) is 69.6 Å². The lowest BCUT2D eigenvalue weighted by Crippen LogP contribution is -2.50. The third-order valence-electron chi connectivity index (χ3n) is 3.79. The molecule has 1 unspecified atom stereocenters. The van der Waals surface area contributed by atoms with Crippen LogP contribution in [0.2, 0.25) is 0 Å². The lowest BCUT2D eigenvalue weighted by Gasteiger charge is -2.29. The maximum Gasteiger partial charge on any atom is 0.323 e. The summed E-state index contributed by atoms with van der Waals surface area (Å²) in [7, 11) is 0. The number of nitrogens with one attached hydrogen (secondary N) is 1. The van der Waals surface area contributed by atoms with E-state index in [2.05, 4.69) is 12.2 Å². The van der Waals surface area contributed by atoms with E-state index in [0.717, 1.165) is 44.9 Å². The molecule has 0 radical (unpaired) electrons. The number of carboxylic acids is 1. The fourth-order valence-electron chi connectivity index (χ4n) is 2.71. The summed E-state index contributed by atoms with van der Waals surface area (Å²) >= 11 is 0. The van der Waals surface area contributed by atoms with E-state index in [-0.39, 0.29) is 24.7 Å². The van der Waals surface area contributed by atoms with Crippen LogP contribution >= 0.6 is 0 Å². The molecule has 1 aliphatic carbocycles. The van der Waals surface area contributed by atoms with E-state index in [1.807, 2.05) is 6.92 Å². The van der Waals surface area contributed by atoms with Crippen LogP contribution in [0.4, 0.5) is 4.79 Å². The Kier molecular flexibility index (Phi) is 6.67. The number of urea groups is 1. The minimum Gasteiger partial charge on any atom is -0.480 e. The molecule has 1 aliphatic rings. The molecule has 5 heteroatoms. The van der Waals surface area contributed by atoms with Crippen molar-refractivity contribution < 1.29 is 14.7 Å². The molecule has 5 nitrogen and oxygen atoms in total. The van der Waals surface area contributed by atoms with Crippen LogP contribution < -0.4 is 5.32 Å². The average molecular weight is 270 g/mol. The van der Waals surface area contributed by atoms with Crippen LogP contribution in [0.5, 0.6) is 0 Å². The lowest BCUT2D eigenvalue weighted by atomic mass is 10.1. The van der Waals surface area contributed by atoms with Gasteiger partial charge in [0.05, 0.1) is 0 Å². The minimum atomic E-state index is -0.939. The Morgan fingerprint density at radius 2 is 1.95 bits per heavy atom. The number of aliphatic carboxylic acids is 1. The van der Waals surface area contributed by atoms with E-state index in [0.29, 0.717) is 0 Å². The molecule has 2 N–H and O–H groups in total. The van der Waals surface area contributed by atoms with Gasteiger partial charge in [-0.1, -0.05) is 33.1 Å². The van der Waals surface area contributed by atoms with E-state index in [1.165, 1.54) is 4.90 Å². The summed E-state index contributed by atoms with van der Waals surface area (Å²) in [4.78, 5) is 24.7. The Balaban J connectivity index is 2.61. The van der Waals surface area contributed by atoms with Crippen molar-refractivity contribution in [3.8, 4) is 0 Å². The molecule has 0 aromatic rings. The minimum absolute atomic E-state index is 0.0928. The highest BCUT2D eigenvalue weighted by Crippen LogP contribution is 2.23.